The van der Waals surface area contributed by atoms with Crippen LogP contribution < -0.4 is 0 Å². The second kappa shape index (κ2) is 6.80. The van der Waals surface area contributed by atoms with Crippen LogP contribution in [-0.4, -0.2) is 12.1 Å². The lowest BCUT2D eigenvalue weighted by Gasteiger charge is -2.20. The average molecular weight is 284 g/mol. The van der Waals surface area contributed by atoms with E-state index in [2.05, 4.69) is 24.0 Å². The molecule has 0 saturated heterocycles. The van der Waals surface area contributed by atoms with Gasteiger partial charge in [0.05, 0.1) is 5.41 Å². The summed E-state index contributed by atoms with van der Waals surface area (Å²) in [4.78, 5) is 12.1. The highest BCUT2D eigenvalue weighted by Crippen LogP contribution is 2.27. The fourth-order valence-electron chi connectivity index (χ4n) is 1.85. The van der Waals surface area contributed by atoms with E-state index >= 15 is 0 Å². The van der Waals surface area contributed by atoms with Crippen molar-refractivity contribution < 1.29 is 9.53 Å². The van der Waals surface area contributed by atoms with Crippen molar-refractivity contribution in [3.8, 4) is 11.8 Å². The number of benzene rings is 1. The van der Waals surface area contributed by atoms with Crippen molar-refractivity contribution in [1.29, 1.82) is 0 Å². The van der Waals surface area contributed by atoms with E-state index in [0.29, 0.717) is 5.92 Å². The molecule has 2 heteroatoms. The summed E-state index contributed by atoms with van der Waals surface area (Å²) >= 11 is 0. The number of carbonyl (C=O) groups is 1. The molecule has 1 aromatic carbocycles. The Morgan fingerprint density at radius 3 is 2.52 bits per heavy atom. The minimum absolute atomic E-state index is 0.175. The van der Waals surface area contributed by atoms with Crippen LogP contribution in [0.25, 0.3) is 0 Å². The lowest BCUT2D eigenvalue weighted by atomic mass is 9.97. The molecular weight excluding hydrogens is 260 g/mol. The first-order chi connectivity index (χ1) is 9.95. The van der Waals surface area contributed by atoms with Gasteiger partial charge in [-0.3, -0.25) is 4.79 Å². The van der Waals surface area contributed by atoms with Gasteiger partial charge in [0.15, 0.2) is 6.10 Å². The van der Waals surface area contributed by atoms with E-state index in [0.717, 1.165) is 12.8 Å². The summed E-state index contributed by atoms with van der Waals surface area (Å²) in [7, 11) is 0. The number of carbonyl (C=O) groups excluding carboxylic acids is 1. The van der Waals surface area contributed by atoms with Gasteiger partial charge in [-0.25, -0.2) is 0 Å². The summed E-state index contributed by atoms with van der Waals surface area (Å²) in [6.07, 6.45) is 3.71. The Balaban J connectivity index is 1.95. The second-order valence-corrected chi connectivity index (χ2v) is 6.73. The fourth-order valence-corrected chi connectivity index (χ4v) is 1.85. The molecule has 0 amide bonds. The van der Waals surface area contributed by atoms with Crippen molar-refractivity contribution in [2.24, 2.45) is 11.3 Å². The molecule has 1 saturated carbocycles. The summed E-state index contributed by atoms with van der Waals surface area (Å²) in [6.45, 7) is 5.62. The van der Waals surface area contributed by atoms with Crippen molar-refractivity contribution in [1.82, 2.24) is 0 Å². The minimum atomic E-state index is -0.480. The summed E-state index contributed by atoms with van der Waals surface area (Å²) in [5.74, 6) is 6.73. The Morgan fingerprint density at radius 2 is 1.95 bits per heavy atom. The molecule has 2 nitrogen and oxygen atoms in total. The van der Waals surface area contributed by atoms with E-state index in [4.69, 9.17) is 4.74 Å². The molecule has 21 heavy (non-hydrogen) atoms. The first-order valence-corrected chi connectivity index (χ1v) is 7.71. The third kappa shape index (κ3) is 5.63. The normalized spacial score (nSPS) is 15.8. The molecule has 2 rings (SSSR count). The first-order valence-electron chi connectivity index (χ1n) is 7.71. The number of aryl methyl sites for hydroxylation is 1. The molecule has 1 atom stereocenters. The number of esters is 1. The van der Waals surface area contributed by atoms with Crippen molar-refractivity contribution in [2.45, 2.75) is 52.6 Å². The average Bonchev–Trinajstić information content (AvgIpc) is 3.26. The van der Waals surface area contributed by atoms with E-state index in [9.17, 15) is 4.79 Å². The summed E-state index contributed by atoms with van der Waals surface area (Å²) in [6, 6.07) is 10.3. The van der Waals surface area contributed by atoms with E-state index < -0.39 is 5.41 Å². The topological polar surface area (TPSA) is 26.3 Å². The van der Waals surface area contributed by atoms with E-state index in [1.165, 1.54) is 18.4 Å². The molecule has 0 aromatic heterocycles. The highest BCUT2D eigenvalue weighted by molar-refractivity contribution is 5.75. The predicted octanol–water partition coefficient (Wildman–Crippen LogP) is 3.99. The van der Waals surface area contributed by atoms with Crippen LogP contribution in [-0.2, 0) is 16.0 Å². The zero-order chi connectivity index (χ0) is 15.3. The maximum atomic E-state index is 12.1. The van der Waals surface area contributed by atoms with Gasteiger partial charge in [0.1, 0.15) is 0 Å². The molecule has 1 aliphatic rings. The van der Waals surface area contributed by atoms with Crippen LogP contribution in [0.5, 0.6) is 0 Å². The van der Waals surface area contributed by atoms with Crippen LogP contribution in [0, 0.1) is 23.2 Å². The third-order valence-electron chi connectivity index (χ3n) is 3.43. The fraction of sp³-hybridized carbons (Fsp3) is 0.526. The quantitative estimate of drug-likeness (QED) is 0.617. The molecule has 1 aliphatic carbocycles. The van der Waals surface area contributed by atoms with Crippen LogP contribution in [0.3, 0.4) is 0 Å². The standard InChI is InChI=1S/C19H24O2/c1-19(2,3)18(20)21-17(14-12-16-9-10-16)13-11-15-7-5-4-6-8-15/h4-8,16-17H,9-11,13H2,1-3H3. The zero-order valence-corrected chi connectivity index (χ0v) is 13.2. The van der Waals surface area contributed by atoms with Gasteiger partial charge in [0.25, 0.3) is 0 Å². The van der Waals surface area contributed by atoms with E-state index in [-0.39, 0.29) is 12.1 Å². The Kier molecular flexibility index (Phi) is 5.07. The summed E-state index contributed by atoms with van der Waals surface area (Å²) in [5.41, 5.74) is 0.772. The molecule has 0 aliphatic heterocycles. The highest BCUT2D eigenvalue weighted by atomic mass is 16.5. The Bertz CT molecular complexity index is 524. The third-order valence-corrected chi connectivity index (χ3v) is 3.43. The van der Waals surface area contributed by atoms with Crippen LogP contribution in [0.2, 0.25) is 0 Å². The Hall–Kier alpha value is -1.75. The van der Waals surface area contributed by atoms with Gasteiger partial charge in [0.2, 0.25) is 0 Å². The van der Waals surface area contributed by atoms with Crippen molar-refractivity contribution in [2.75, 3.05) is 0 Å². The Labute approximate surface area is 127 Å². The van der Waals surface area contributed by atoms with Crippen LogP contribution in [0.15, 0.2) is 30.3 Å². The molecule has 0 radical (unpaired) electrons. The lowest BCUT2D eigenvalue weighted by Crippen LogP contribution is -2.28. The van der Waals surface area contributed by atoms with Gasteiger partial charge < -0.3 is 4.74 Å². The van der Waals surface area contributed by atoms with Gasteiger partial charge in [-0.2, -0.15) is 0 Å². The maximum absolute atomic E-state index is 12.1. The lowest BCUT2D eigenvalue weighted by molar-refractivity contribution is -0.156. The monoisotopic (exact) mass is 284 g/mol. The molecule has 0 heterocycles. The number of hydrogen-bond donors (Lipinski definition) is 0. The van der Waals surface area contributed by atoms with Gasteiger partial charge in [-0.15, -0.1) is 0 Å². The Morgan fingerprint density at radius 1 is 1.29 bits per heavy atom. The predicted molar refractivity (Wildman–Crippen MR) is 84.6 cm³/mol. The number of ether oxygens (including phenoxy) is 1. The van der Waals surface area contributed by atoms with Crippen molar-refractivity contribution >= 4 is 5.97 Å². The second-order valence-electron chi connectivity index (χ2n) is 6.73. The molecular formula is C19H24O2. The zero-order valence-electron chi connectivity index (χ0n) is 13.2. The summed E-state index contributed by atoms with van der Waals surface area (Å²) < 4.78 is 5.60. The van der Waals surface area contributed by atoms with Gasteiger partial charge >= 0.3 is 5.97 Å². The van der Waals surface area contributed by atoms with E-state index in [1.54, 1.807) is 0 Å². The molecule has 0 N–H and O–H groups in total. The van der Waals surface area contributed by atoms with Crippen LogP contribution in [0.1, 0.15) is 45.6 Å². The first kappa shape index (κ1) is 15.6. The smallest absolute Gasteiger partial charge is 0.312 e. The van der Waals surface area contributed by atoms with Crippen LogP contribution >= 0.6 is 0 Å². The van der Waals surface area contributed by atoms with Crippen LogP contribution in [0.4, 0.5) is 0 Å². The summed E-state index contributed by atoms with van der Waals surface area (Å²) in [5, 5.41) is 0. The van der Waals surface area contributed by atoms with Gasteiger partial charge in [0, 0.05) is 5.92 Å². The maximum Gasteiger partial charge on any atom is 0.312 e. The SMILES string of the molecule is CC(C)(C)C(=O)OC(C#CC1CC1)CCc1ccccc1. The van der Waals surface area contributed by atoms with Gasteiger partial charge in [-0.05, 0) is 52.0 Å². The minimum Gasteiger partial charge on any atom is -0.449 e. The van der Waals surface area contributed by atoms with Crippen molar-refractivity contribution in [3.05, 3.63) is 35.9 Å². The molecule has 1 aromatic rings. The number of hydrogen-bond acceptors (Lipinski definition) is 2. The number of rotatable bonds is 4. The molecule has 1 fully saturated rings. The van der Waals surface area contributed by atoms with Crippen molar-refractivity contribution in [3.63, 3.8) is 0 Å². The molecule has 112 valence electrons. The molecule has 0 spiro atoms. The van der Waals surface area contributed by atoms with E-state index in [1.807, 2.05) is 39.0 Å². The molecule has 1 unspecified atom stereocenters. The largest absolute Gasteiger partial charge is 0.449 e. The van der Waals surface area contributed by atoms with Gasteiger partial charge in [-0.1, -0.05) is 42.2 Å². The highest BCUT2D eigenvalue weighted by Gasteiger charge is 2.26. The molecule has 0 bridgehead atoms.